The van der Waals surface area contributed by atoms with E-state index in [1.165, 1.54) is 34.7 Å². The van der Waals surface area contributed by atoms with Gasteiger partial charge in [0.05, 0.1) is 24.9 Å². The summed E-state index contributed by atoms with van der Waals surface area (Å²) in [5.74, 6) is 0.647. The summed E-state index contributed by atoms with van der Waals surface area (Å²) in [4.78, 5) is 29.0. The van der Waals surface area contributed by atoms with Crippen molar-refractivity contribution in [1.29, 1.82) is 0 Å². The smallest absolute Gasteiger partial charge is 0.416 e. The van der Waals surface area contributed by atoms with Crippen LogP contribution in [0.5, 0.6) is 5.75 Å². The molecule has 36 heavy (non-hydrogen) atoms. The Morgan fingerprint density at radius 2 is 1.86 bits per heavy atom. The van der Waals surface area contributed by atoms with E-state index in [1.807, 2.05) is 6.07 Å². The topological polar surface area (TPSA) is 61.9 Å². The molecule has 3 aromatic rings. The number of nitrogens with one attached hydrogen (secondary N) is 1. The standard InChI is InChI=1S/C26H22F3N3O3S/c1-35-20-10-11-22-21(15-20)25(32(12-13-36-25)24(34)30-19-8-3-2-4-9-19)23(33)31(22)16-17-6-5-7-18(14-17)26(27,28)29/h2-11,14-15H,12-13,16H2,1H3,(H,30,34)/t25-/m0/s1. The van der Waals surface area contributed by atoms with E-state index in [0.717, 1.165) is 12.1 Å². The number of nitrogens with zero attached hydrogens (tertiary/aromatic N) is 2. The van der Waals surface area contributed by atoms with Crippen LogP contribution in [-0.2, 0) is 22.4 Å². The molecular formula is C26H22F3N3O3S. The average molecular weight is 514 g/mol. The third kappa shape index (κ3) is 4.05. The number of alkyl halides is 3. The molecule has 10 heteroatoms. The molecule has 0 saturated carbocycles. The summed E-state index contributed by atoms with van der Waals surface area (Å²) in [6, 6.07) is 18.5. The Kier molecular flexibility index (Phi) is 6.07. The third-order valence-electron chi connectivity index (χ3n) is 6.27. The molecule has 0 unspecified atom stereocenters. The zero-order valence-corrected chi connectivity index (χ0v) is 20.0. The molecule has 0 aliphatic carbocycles. The van der Waals surface area contributed by atoms with Gasteiger partial charge in [-0.15, -0.1) is 11.8 Å². The van der Waals surface area contributed by atoms with E-state index in [9.17, 15) is 22.8 Å². The van der Waals surface area contributed by atoms with Gasteiger partial charge in [0.15, 0.2) is 4.87 Å². The first kappa shape index (κ1) is 24.1. The average Bonchev–Trinajstić information content (AvgIpc) is 3.41. The quantitative estimate of drug-likeness (QED) is 0.487. The second kappa shape index (κ2) is 9.09. The van der Waals surface area contributed by atoms with Crippen LogP contribution in [0.2, 0.25) is 0 Å². The number of ether oxygens (including phenoxy) is 1. The minimum Gasteiger partial charge on any atom is -0.497 e. The van der Waals surface area contributed by atoms with Crippen LogP contribution in [0.1, 0.15) is 16.7 Å². The van der Waals surface area contributed by atoms with Crippen LogP contribution in [0, 0.1) is 0 Å². The molecule has 1 fully saturated rings. The molecule has 2 aliphatic rings. The lowest BCUT2D eigenvalue weighted by molar-refractivity contribution is -0.137. The van der Waals surface area contributed by atoms with E-state index in [2.05, 4.69) is 5.32 Å². The maximum Gasteiger partial charge on any atom is 0.416 e. The van der Waals surface area contributed by atoms with E-state index in [0.29, 0.717) is 40.5 Å². The Morgan fingerprint density at radius 1 is 1.08 bits per heavy atom. The van der Waals surface area contributed by atoms with Gasteiger partial charge in [-0.3, -0.25) is 9.69 Å². The highest BCUT2D eigenvalue weighted by Gasteiger charge is 2.59. The normalized spacial score (nSPS) is 19.1. The lowest BCUT2D eigenvalue weighted by atomic mass is 10.1. The molecular weight excluding hydrogens is 491 g/mol. The second-order valence-corrected chi connectivity index (χ2v) is 9.70. The monoisotopic (exact) mass is 513 g/mol. The van der Waals surface area contributed by atoms with Gasteiger partial charge in [0.1, 0.15) is 5.75 Å². The molecule has 1 spiro atoms. The van der Waals surface area contributed by atoms with Gasteiger partial charge in [0.2, 0.25) is 0 Å². The maximum absolute atomic E-state index is 14.1. The van der Waals surface area contributed by atoms with Crippen LogP contribution >= 0.6 is 11.8 Å². The number of fused-ring (bicyclic) bond motifs is 2. The number of urea groups is 1. The summed E-state index contributed by atoms with van der Waals surface area (Å²) in [5, 5.41) is 2.85. The van der Waals surface area contributed by atoms with Crippen molar-refractivity contribution in [2.45, 2.75) is 17.6 Å². The van der Waals surface area contributed by atoms with E-state index in [1.54, 1.807) is 48.5 Å². The number of hydrogen-bond acceptors (Lipinski definition) is 4. The van der Waals surface area contributed by atoms with Crippen molar-refractivity contribution in [2.24, 2.45) is 0 Å². The van der Waals surface area contributed by atoms with Gasteiger partial charge in [-0.05, 0) is 48.0 Å². The molecule has 0 aromatic heterocycles. The summed E-state index contributed by atoms with van der Waals surface area (Å²) < 4.78 is 45.3. The third-order valence-corrected chi connectivity index (χ3v) is 7.69. The zero-order valence-electron chi connectivity index (χ0n) is 19.2. The Morgan fingerprint density at radius 3 is 2.58 bits per heavy atom. The fourth-order valence-corrected chi connectivity index (χ4v) is 6.07. The molecule has 5 rings (SSSR count). The van der Waals surface area contributed by atoms with E-state index in [-0.39, 0.29) is 12.5 Å². The molecule has 0 radical (unpaired) electrons. The van der Waals surface area contributed by atoms with Gasteiger partial charge in [-0.1, -0.05) is 30.3 Å². The largest absolute Gasteiger partial charge is 0.497 e. The first-order valence-corrected chi connectivity index (χ1v) is 12.2. The Labute approximate surface area is 210 Å². The van der Waals surface area contributed by atoms with Crippen molar-refractivity contribution >= 4 is 35.1 Å². The highest BCUT2D eigenvalue weighted by atomic mass is 32.2. The lowest BCUT2D eigenvalue weighted by Gasteiger charge is -2.33. The Bertz CT molecular complexity index is 1320. The summed E-state index contributed by atoms with van der Waals surface area (Å²) >= 11 is 1.33. The minimum atomic E-state index is -4.49. The van der Waals surface area contributed by atoms with Crippen LogP contribution < -0.4 is 15.0 Å². The molecule has 3 aromatic carbocycles. The molecule has 3 amide bonds. The molecule has 2 heterocycles. The first-order valence-electron chi connectivity index (χ1n) is 11.2. The van der Waals surface area contributed by atoms with Crippen LogP contribution in [0.4, 0.5) is 29.3 Å². The number of rotatable bonds is 4. The lowest BCUT2D eigenvalue weighted by Crippen LogP contribution is -2.51. The second-order valence-electron chi connectivity index (χ2n) is 8.41. The minimum absolute atomic E-state index is 0.0709. The fourth-order valence-electron chi connectivity index (χ4n) is 4.62. The molecule has 1 atom stereocenters. The number of carbonyl (C=O) groups is 2. The number of amides is 3. The van der Waals surface area contributed by atoms with Gasteiger partial charge in [0.25, 0.3) is 5.91 Å². The van der Waals surface area contributed by atoms with E-state index in [4.69, 9.17) is 4.74 Å². The van der Waals surface area contributed by atoms with E-state index >= 15 is 0 Å². The van der Waals surface area contributed by atoms with Crippen molar-refractivity contribution < 1.29 is 27.5 Å². The summed E-state index contributed by atoms with van der Waals surface area (Å²) in [6.07, 6.45) is -4.49. The number of thioether (sulfide) groups is 1. The van der Waals surface area contributed by atoms with E-state index < -0.39 is 22.6 Å². The SMILES string of the molecule is COc1ccc2c(c1)[C@]1(SCCN1C(=O)Nc1ccccc1)C(=O)N2Cc1cccc(C(F)(F)F)c1. The number of halogens is 3. The molecule has 0 bridgehead atoms. The number of hydrogen-bond donors (Lipinski definition) is 1. The van der Waals surface area contributed by atoms with Crippen LogP contribution in [0.3, 0.4) is 0 Å². The van der Waals surface area contributed by atoms with Gasteiger partial charge in [-0.2, -0.15) is 13.2 Å². The number of benzene rings is 3. The summed E-state index contributed by atoms with van der Waals surface area (Å²) in [5.41, 5.74) is 1.25. The van der Waals surface area contributed by atoms with Crippen LogP contribution in [0.15, 0.2) is 72.8 Å². The first-order chi connectivity index (χ1) is 17.2. The Balaban J connectivity index is 1.54. The van der Waals surface area contributed by atoms with Crippen molar-refractivity contribution in [3.63, 3.8) is 0 Å². The number of carbonyl (C=O) groups excluding carboxylic acids is 2. The molecule has 2 aliphatic heterocycles. The zero-order chi connectivity index (χ0) is 25.5. The summed E-state index contributed by atoms with van der Waals surface area (Å²) in [6.45, 7) is 0.252. The van der Waals surface area contributed by atoms with Crippen molar-refractivity contribution in [2.75, 3.05) is 29.6 Å². The molecule has 1 saturated heterocycles. The predicted octanol–water partition coefficient (Wildman–Crippen LogP) is 5.69. The van der Waals surface area contributed by atoms with Gasteiger partial charge in [-0.25, -0.2) is 4.79 Å². The van der Waals surface area contributed by atoms with Crippen molar-refractivity contribution in [3.8, 4) is 5.75 Å². The Hall–Kier alpha value is -3.66. The van der Waals surface area contributed by atoms with Gasteiger partial charge in [0, 0.05) is 23.5 Å². The molecule has 186 valence electrons. The van der Waals surface area contributed by atoms with Crippen LogP contribution in [0.25, 0.3) is 0 Å². The number of methoxy groups -OCH3 is 1. The maximum atomic E-state index is 14.1. The van der Waals surface area contributed by atoms with Crippen LogP contribution in [-0.4, -0.2) is 36.2 Å². The highest BCUT2D eigenvalue weighted by Crippen LogP contribution is 2.55. The molecule has 6 nitrogen and oxygen atoms in total. The summed E-state index contributed by atoms with van der Waals surface area (Å²) in [7, 11) is 1.51. The number of para-hydroxylation sites is 1. The van der Waals surface area contributed by atoms with Crippen molar-refractivity contribution in [3.05, 3.63) is 89.5 Å². The highest BCUT2D eigenvalue weighted by molar-refractivity contribution is 8.01. The number of anilines is 2. The molecule has 1 N–H and O–H groups in total. The van der Waals surface area contributed by atoms with Crippen molar-refractivity contribution in [1.82, 2.24) is 4.90 Å². The fraction of sp³-hybridized carbons (Fsp3) is 0.231. The van der Waals surface area contributed by atoms with Gasteiger partial charge < -0.3 is 15.0 Å². The van der Waals surface area contributed by atoms with Gasteiger partial charge >= 0.3 is 12.2 Å². The predicted molar refractivity (Wildman–Crippen MR) is 132 cm³/mol.